The van der Waals surface area contributed by atoms with Crippen molar-refractivity contribution in [3.8, 4) is 11.5 Å². The lowest BCUT2D eigenvalue weighted by atomic mass is 10.4. The Kier molecular flexibility index (Phi) is 1.41. The highest BCUT2D eigenvalue weighted by atomic mass is 14.9. The van der Waals surface area contributed by atoms with Crippen LogP contribution in [0.3, 0.4) is 0 Å². The minimum Gasteiger partial charge on any atom is -0.359 e. The van der Waals surface area contributed by atoms with Gasteiger partial charge in [-0.25, -0.2) is 9.97 Å². The summed E-state index contributed by atoms with van der Waals surface area (Å²) in [5, 5.41) is 0. The van der Waals surface area contributed by atoms with Crippen LogP contribution >= 0.6 is 0 Å². The van der Waals surface area contributed by atoms with Gasteiger partial charge in [0.15, 0.2) is 5.82 Å². The third-order valence-corrected chi connectivity index (χ3v) is 1.40. The fourth-order valence-corrected chi connectivity index (χ4v) is 0.908. The summed E-state index contributed by atoms with van der Waals surface area (Å²) in [5.74, 6) is 0.734. The fraction of sp³-hybridized carbons (Fsp3) is 0. The number of nitrogens with one attached hydrogen (secondary N) is 1. The van der Waals surface area contributed by atoms with Gasteiger partial charge in [-0.15, -0.1) is 0 Å². The molecule has 3 nitrogen and oxygen atoms in total. The highest BCUT2D eigenvalue weighted by Gasteiger charge is 1.96. The van der Waals surface area contributed by atoms with E-state index in [0.717, 1.165) is 11.5 Å². The van der Waals surface area contributed by atoms with Crippen molar-refractivity contribution < 1.29 is 0 Å². The van der Waals surface area contributed by atoms with Gasteiger partial charge in [-0.3, -0.25) is 0 Å². The van der Waals surface area contributed by atoms with E-state index in [1.54, 1.807) is 18.5 Å². The number of aromatic nitrogens is 3. The van der Waals surface area contributed by atoms with Crippen molar-refractivity contribution >= 4 is 0 Å². The Morgan fingerprint density at radius 2 is 1.91 bits per heavy atom. The summed E-state index contributed by atoms with van der Waals surface area (Å²) >= 11 is 0. The normalized spacial score (nSPS) is 9.82. The van der Waals surface area contributed by atoms with Crippen LogP contribution in [0, 0.1) is 0 Å². The Bertz CT molecular complexity index is 312. The Balaban J connectivity index is 2.46. The zero-order chi connectivity index (χ0) is 7.52. The van der Waals surface area contributed by atoms with Crippen molar-refractivity contribution in [3.63, 3.8) is 0 Å². The van der Waals surface area contributed by atoms with Crippen molar-refractivity contribution in [1.82, 2.24) is 15.0 Å². The zero-order valence-electron chi connectivity index (χ0n) is 5.86. The second-order valence-electron chi connectivity index (χ2n) is 2.16. The summed E-state index contributed by atoms with van der Waals surface area (Å²) in [7, 11) is 0. The minimum atomic E-state index is 0.734. The van der Waals surface area contributed by atoms with Gasteiger partial charge in [-0.1, -0.05) is 0 Å². The monoisotopic (exact) mass is 145 g/mol. The first kappa shape index (κ1) is 6.09. The number of aromatic amines is 1. The van der Waals surface area contributed by atoms with Crippen LogP contribution in [0.1, 0.15) is 0 Å². The molecule has 11 heavy (non-hydrogen) atoms. The van der Waals surface area contributed by atoms with Crippen molar-refractivity contribution in [2.24, 2.45) is 0 Å². The van der Waals surface area contributed by atoms with Gasteiger partial charge in [0.1, 0.15) is 0 Å². The molecule has 54 valence electrons. The summed E-state index contributed by atoms with van der Waals surface area (Å²) in [6.45, 7) is 0. The molecule has 0 amide bonds. The highest BCUT2D eigenvalue weighted by molar-refractivity contribution is 5.47. The lowest BCUT2D eigenvalue weighted by Gasteiger charge is -1.91. The molecule has 0 spiro atoms. The van der Waals surface area contributed by atoms with E-state index < -0.39 is 0 Å². The lowest BCUT2D eigenvalue weighted by Crippen LogP contribution is -1.85. The van der Waals surface area contributed by atoms with E-state index in [2.05, 4.69) is 15.0 Å². The van der Waals surface area contributed by atoms with Gasteiger partial charge < -0.3 is 4.98 Å². The molecule has 0 unspecified atom stereocenters. The Morgan fingerprint density at radius 3 is 2.55 bits per heavy atom. The standard InChI is InChI=1S/C8H7N3/c1-3-7(9-4-1)8-10-5-2-6-11-8/h1-6,9H. The maximum atomic E-state index is 4.08. The summed E-state index contributed by atoms with van der Waals surface area (Å²) in [4.78, 5) is 11.2. The molecule has 2 aromatic rings. The van der Waals surface area contributed by atoms with Crippen molar-refractivity contribution in [2.45, 2.75) is 0 Å². The number of hydrogen-bond acceptors (Lipinski definition) is 2. The number of hydrogen-bond donors (Lipinski definition) is 1. The third kappa shape index (κ3) is 1.12. The van der Waals surface area contributed by atoms with Crippen molar-refractivity contribution in [3.05, 3.63) is 36.8 Å². The van der Waals surface area contributed by atoms with Crippen molar-refractivity contribution in [2.75, 3.05) is 0 Å². The Labute approximate surface area is 64.1 Å². The average Bonchev–Trinajstić information content (AvgIpc) is 2.58. The van der Waals surface area contributed by atoms with Gasteiger partial charge >= 0.3 is 0 Å². The van der Waals surface area contributed by atoms with Crippen LogP contribution in [0.15, 0.2) is 36.8 Å². The van der Waals surface area contributed by atoms with Crippen LogP contribution in [0.4, 0.5) is 0 Å². The van der Waals surface area contributed by atoms with Gasteiger partial charge in [0.2, 0.25) is 0 Å². The van der Waals surface area contributed by atoms with Crippen molar-refractivity contribution in [1.29, 1.82) is 0 Å². The van der Waals surface area contributed by atoms with Crippen LogP contribution in [-0.2, 0) is 0 Å². The SMILES string of the molecule is c1cnc(-c2ccc[nH]2)nc1. The molecule has 2 rings (SSSR count). The maximum Gasteiger partial charge on any atom is 0.175 e. The van der Waals surface area contributed by atoms with E-state index in [-0.39, 0.29) is 0 Å². The van der Waals surface area contributed by atoms with E-state index >= 15 is 0 Å². The first-order valence-electron chi connectivity index (χ1n) is 3.37. The molecule has 2 heterocycles. The summed E-state index contributed by atoms with van der Waals surface area (Å²) in [5.41, 5.74) is 0.950. The molecule has 0 radical (unpaired) electrons. The molecule has 1 N–H and O–H groups in total. The predicted octanol–water partition coefficient (Wildman–Crippen LogP) is 1.47. The Hall–Kier alpha value is -1.64. The summed E-state index contributed by atoms with van der Waals surface area (Å²) < 4.78 is 0. The molecule has 0 bridgehead atoms. The number of H-pyrrole nitrogens is 1. The van der Waals surface area contributed by atoms with Gasteiger partial charge in [0, 0.05) is 18.6 Å². The minimum absolute atomic E-state index is 0.734. The molecule has 0 aliphatic rings. The first-order valence-corrected chi connectivity index (χ1v) is 3.37. The van der Waals surface area contributed by atoms with Crippen LogP contribution in [0.25, 0.3) is 11.5 Å². The molecule has 2 aromatic heterocycles. The molecule has 0 aliphatic carbocycles. The molecule has 0 aromatic carbocycles. The largest absolute Gasteiger partial charge is 0.359 e. The quantitative estimate of drug-likeness (QED) is 0.660. The van der Waals surface area contributed by atoms with Gasteiger partial charge in [-0.2, -0.15) is 0 Å². The van der Waals surface area contributed by atoms with Crippen LogP contribution in [0.5, 0.6) is 0 Å². The zero-order valence-corrected chi connectivity index (χ0v) is 5.86. The van der Waals surface area contributed by atoms with E-state index in [0.29, 0.717) is 0 Å². The maximum absolute atomic E-state index is 4.08. The van der Waals surface area contributed by atoms with Crippen LogP contribution < -0.4 is 0 Å². The highest BCUT2D eigenvalue weighted by Crippen LogP contribution is 2.08. The Morgan fingerprint density at radius 1 is 1.09 bits per heavy atom. The molecular formula is C8H7N3. The molecule has 0 aliphatic heterocycles. The lowest BCUT2D eigenvalue weighted by molar-refractivity contribution is 1.15. The molecule has 3 heteroatoms. The smallest absolute Gasteiger partial charge is 0.175 e. The second-order valence-corrected chi connectivity index (χ2v) is 2.16. The number of rotatable bonds is 1. The van der Waals surface area contributed by atoms with Crippen LogP contribution in [0.2, 0.25) is 0 Å². The number of nitrogens with zero attached hydrogens (tertiary/aromatic N) is 2. The van der Waals surface area contributed by atoms with Gasteiger partial charge in [-0.05, 0) is 18.2 Å². The summed E-state index contributed by atoms with van der Waals surface area (Å²) in [6, 6.07) is 5.66. The van der Waals surface area contributed by atoms with E-state index in [1.807, 2.05) is 18.3 Å². The first-order chi connectivity index (χ1) is 5.47. The summed E-state index contributed by atoms with van der Waals surface area (Å²) in [6.07, 6.45) is 5.30. The molecule has 0 saturated carbocycles. The third-order valence-electron chi connectivity index (χ3n) is 1.40. The van der Waals surface area contributed by atoms with Crippen LogP contribution in [-0.4, -0.2) is 15.0 Å². The predicted molar refractivity (Wildman–Crippen MR) is 41.8 cm³/mol. The molecule has 0 fully saturated rings. The molecular weight excluding hydrogens is 138 g/mol. The fourth-order valence-electron chi connectivity index (χ4n) is 0.908. The topological polar surface area (TPSA) is 41.6 Å². The van der Waals surface area contributed by atoms with E-state index in [9.17, 15) is 0 Å². The molecule has 0 atom stereocenters. The van der Waals surface area contributed by atoms with E-state index in [1.165, 1.54) is 0 Å². The molecule has 0 saturated heterocycles. The second kappa shape index (κ2) is 2.54. The average molecular weight is 145 g/mol. The van der Waals surface area contributed by atoms with Gasteiger partial charge in [0.05, 0.1) is 5.69 Å². The van der Waals surface area contributed by atoms with Gasteiger partial charge in [0.25, 0.3) is 0 Å². The van der Waals surface area contributed by atoms with E-state index in [4.69, 9.17) is 0 Å².